The summed E-state index contributed by atoms with van der Waals surface area (Å²) in [6, 6.07) is 0.965. The number of carbonyl (C=O) groups is 1. The highest BCUT2D eigenvalue weighted by atomic mass is 16.6. The van der Waals surface area contributed by atoms with Crippen LogP contribution in [0.1, 0.15) is 59.8 Å². The van der Waals surface area contributed by atoms with Crippen LogP contribution in [0.4, 0.5) is 4.79 Å². The molecule has 2 aliphatic carbocycles. The standard InChI is InChI=1S/C16H30N2O2/c1-12(11-13-5-6-13)17-9-10-18(14-7-8-14)15(19)20-16(2,3)4/h12-14,17H,5-11H2,1-4H3. The van der Waals surface area contributed by atoms with Crippen molar-refractivity contribution in [2.45, 2.75) is 77.5 Å². The van der Waals surface area contributed by atoms with Crippen LogP contribution in [0.5, 0.6) is 0 Å². The summed E-state index contributed by atoms with van der Waals surface area (Å²) >= 11 is 0. The number of carbonyl (C=O) groups excluding carboxylic acids is 1. The number of nitrogens with one attached hydrogen (secondary N) is 1. The Hall–Kier alpha value is -0.770. The number of hydrogen-bond acceptors (Lipinski definition) is 3. The molecule has 4 heteroatoms. The van der Waals surface area contributed by atoms with Crippen LogP contribution in [0.2, 0.25) is 0 Å². The maximum Gasteiger partial charge on any atom is 0.410 e. The molecule has 0 heterocycles. The first-order valence-corrected chi connectivity index (χ1v) is 8.08. The topological polar surface area (TPSA) is 41.6 Å². The molecule has 0 radical (unpaired) electrons. The summed E-state index contributed by atoms with van der Waals surface area (Å²) in [6.45, 7) is 9.63. The Morgan fingerprint density at radius 1 is 1.30 bits per heavy atom. The molecule has 1 amide bonds. The zero-order valence-electron chi connectivity index (χ0n) is 13.4. The van der Waals surface area contributed by atoms with Gasteiger partial charge >= 0.3 is 6.09 Å². The summed E-state index contributed by atoms with van der Waals surface area (Å²) in [5.74, 6) is 0.947. The van der Waals surface area contributed by atoms with Crippen LogP contribution in [0.15, 0.2) is 0 Å². The molecule has 2 saturated carbocycles. The van der Waals surface area contributed by atoms with Crippen LogP contribution < -0.4 is 5.32 Å². The summed E-state index contributed by atoms with van der Waals surface area (Å²) in [5, 5.41) is 3.54. The fourth-order valence-electron chi connectivity index (χ4n) is 2.50. The van der Waals surface area contributed by atoms with E-state index >= 15 is 0 Å². The molecule has 2 aliphatic rings. The van der Waals surface area contributed by atoms with E-state index in [0.717, 1.165) is 31.8 Å². The van der Waals surface area contributed by atoms with Crippen LogP contribution >= 0.6 is 0 Å². The summed E-state index contributed by atoms with van der Waals surface area (Å²) in [6.07, 6.45) is 6.16. The lowest BCUT2D eigenvalue weighted by atomic mass is 10.1. The normalized spacial score (nSPS) is 20.6. The first-order valence-electron chi connectivity index (χ1n) is 8.08. The fourth-order valence-corrected chi connectivity index (χ4v) is 2.50. The number of amides is 1. The molecular weight excluding hydrogens is 252 g/mol. The van der Waals surface area contributed by atoms with Gasteiger partial charge in [0.05, 0.1) is 0 Å². The molecule has 116 valence electrons. The highest BCUT2D eigenvalue weighted by Crippen LogP contribution is 2.33. The molecular formula is C16H30N2O2. The molecule has 0 bridgehead atoms. The number of rotatable bonds is 7. The van der Waals surface area contributed by atoms with Gasteiger partial charge in [0.2, 0.25) is 0 Å². The van der Waals surface area contributed by atoms with Gasteiger partial charge in [0.25, 0.3) is 0 Å². The minimum Gasteiger partial charge on any atom is -0.444 e. The van der Waals surface area contributed by atoms with Crippen LogP contribution in [0, 0.1) is 5.92 Å². The molecule has 0 saturated heterocycles. The van der Waals surface area contributed by atoms with E-state index in [2.05, 4.69) is 12.2 Å². The second-order valence-electron chi connectivity index (χ2n) is 7.44. The van der Waals surface area contributed by atoms with E-state index in [9.17, 15) is 4.79 Å². The first-order chi connectivity index (χ1) is 9.35. The predicted molar refractivity (Wildman–Crippen MR) is 80.8 cm³/mol. The molecule has 0 spiro atoms. The third kappa shape index (κ3) is 5.70. The molecule has 4 nitrogen and oxygen atoms in total. The molecule has 1 atom stereocenters. The summed E-state index contributed by atoms with van der Waals surface area (Å²) in [5.41, 5.74) is -0.406. The molecule has 20 heavy (non-hydrogen) atoms. The second-order valence-corrected chi connectivity index (χ2v) is 7.44. The van der Waals surface area contributed by atoms with Crippen molar-refractivity contribution < 1.29 is 9.53 Å². The van der Waals surface area contributed by atoms with Gasteiger partial charge in [-0.3, -0.25) is 0 Å². The average Bonchev–Trinajstić information content (AvgIpc) is 3.14. The average molecular weight is 282 g/mol. The summed E-state index contributed by atoms with van der Waals surface area (Å²) < 4.78 is 5.49. The zero-order valence-corrected chi connectivity index (χ0v) is 13.4. The van der Waals surface area contributed by atoms with Crippen LogP contribution in [0.25, 0.3) is 0 Å². The SMILES string of the molecule is CC(CC1CC1)NCCN(C(=O)OC(C)(C)C)C1CC1. The highest BCUT2D eigenvalue weighted by Gasteiger charge is 2.34. The maximum atomic E-state index is 12.2. The molecule has 0 aliphatic heterocycles. The Kier molecular flexibility index (Phi) is 4.95. The first kappa shape index (κ1) is 15.6. The van der Waals surface area contributed by atoms with Crippen molar-refractivity contribution in [3.8, 4) is 0 Å². The van der Waals surface area contributed by atoms with Crippen molar-refractivity contribution in [3.63, 3.8) is 0 Å². The van der Waals surface area contributed by atoms with Gasteiger partial charge in [0.15, 0.2) is 0 Å². The lowest BCUT2D eigenvalue weighted by molar-refractivity contribution is 0.0234. The van der Waals surface area contributed by atoms with Crippen molar-refractivity contribution in [2.24, 2.45) is 5.92 Å². The molecule has 0 aromatic carbocycles. The Morgan fingerprint density at radius 3 is 2.45 bits per heavy atom. The van der Waals surface area contributed by atoms with Gasteiger partial charge in [-0.15, -0.1) is 0 Å². The van der Waals surface area contributed by atoms with Crippen molar-refractivity contribution in [1.29, 1.82) is 0 Å². The largest absolute Gasteiger partial charge is 0.444 e. The molecule has 1 N–H and O–H groups in total. The molecule has 2 fully saturated rings. The van der Waals surface area contributed by atoms with Crippen molar-refractivity contribution in [3.05, 3.63) is 0 Å². The molecule has 1 unspecified atom stereocenters. The third-order valence-electron chi connectivity index (χ3n) is 3.84. The number of nitrogens with zero attached hydrogens (tertiary/aromatic N) is 1. The minimum atomic E-state index is -0.406. The van der Waals surface area contributed by atoms with Gasteiger partial charge in [0.1, 0.15) is 5.60 Å². The maximum absolute atomic E-state index is 12.2. The monoisotopic (exact) mass is 282 g/mol. The van der Waals surface area contributed by atoms with Crippen LogP contribution in [-0.4, -0.2) is 41.8 Å². The Morgan fingerprint density at radius 2 is 1.95 bits per heavy atom. The van der Waals surface area contributed by atoms with Crippen molar-refractivity contribution in [1.82, 2.24) is 10.2 Å². The Labute approximate surface area is 123 Å². The van der Waals surface area contributed by atoms with E-state index in [1.54, 1.807) is 0 Å². The van der Waals surface area contributed by atoms with Crippen molar-refractivity contribution >= 4 is 6.09 Å². The number of ether oxygens (including phenoxy) is 1. The van der Waals surface area contributed by atoms with E-state index in [1.165, 1.54) is 19.3 Å². The quantitative estimate of drug-likeness (QED) is 0.780. The van der Waals surface area contributed by atoms with Gasteiger partial charge < -0.3 is 15.0 Å². The summed E-state index contributed by atoms with van der Waals surface area (Å²) in [4.78, 5) is 14.1. The zero-order chi connectivity index (χ0) is 14.8. The van der Waals surface area contributed by atoms with Gasteiger partial charge in [-0.25, -0.2) is 4.79 Å². The highest BCUT2D eigenvalue weighted by molar-refractivity contribution is 5.69. The summed E-state index contributed by atoms with van der Waals surface area (Å²) in [7, 11) is 0. The van der Waals surface area contributed by atoms with Gasteiger partial charge in [-0.1, -0.05) is 12.8 Å². The fraction of sp³-hybridized carbons (Fsp3) is 0.938. The van der Waals surface area contributed by atoms with Crippen LogP contribution in [-0.2, 0) is 4.74 Å². The van der Waals surface area contributed by atoms with Crippen LogP contribution in [0.3, 0.4) is 0 Å². The minimum absolute atomic E-state index is 0.156. The van der Waals surface area contributed by atoms with E-state index in [1.807, 2.05) is 25.7 Å². The molecule has 0 aromatic rings. The lowest BCUT2D eigenvalue weighted by Gasteiger charge is -2.28. The molecule has 0 aromatic heterocycles. The number of hydrogen-bond donors (Lipinski definition) is 1. The van der Waals surface area contributed by atoms with E-state index < -0.39 is 5.60 Å². The van der Waals surface area contributed by atoms with Gasteiger partial charge in [-0.2, -0.15) is 0 Å². The van der Waals surface area contributed by atoms with E-state index in [0.29, 0.717) is 12.1 Å². The third-order valence-corrected chi connectivity index (χ3v) is 3.84. The van der Waals surface area contributed by atoms with E-state index in [4.69, 9.17) is 4.74 Å². The second kappa shape index (κ2) is 6.33. The van der Waals surface area contributed by atoms with Crippen molar-refractivity contribution in [2.75, 3.05) is 13.1 Å². The smallest absolute Gasteiger partial charge is 0.410 e. The van der Waals surface area contributed by atoms with Gasteiger partial charge in [-0.05, 0) is 52.9 Å². The predicted octanol–water partition coefficient (Wildman–Crippen LogP) is 3.16. The van der Waals surface area contributed by atoms with E-state index in [-0.39, 0.29) is 6.09 Å². The lowest BCUT2D eigenvalue weighted by Crippen LogP contribution is -2.43. The van der Waals surface area contributed by atoms with Gasteiger partial charge in [0, 0.05) is 25.2 Å². The Balaban J connectivity index is 1.70. The Bertz CT molecular complexity index is 330. The molecule has 2 rings (SSSR count).